The summed E-state index contributed by atoms with van der Waals surface area (Å²) >= 11 is 23.6. The first-order chi connectivity index (χ1) is 11.3. The SMILES string of the molecule is COC(=O)c1ccc(NC(=O)c2nc(Cl)c(Cl)c(Cl)c2Cl)c(C)c1. The molecule has 0 radical (unpaired) electrons. The molecule has 0 fully saturated rings. The summed E-state index contributed by atoms with van der Waals surface area (Å²) in [5, 5.41) is 2.31. The Morgan fingerprint density at radius 1 is 1.08 bits per heavy atom. The number of halogens is 4. The van der Waals surface area contributed by atoms with Gasteiger partial charge in [-0.3, -0.25) is 4.79 Å². The van der Waals surface area contributed by atoms with Gasteiger partial charge in [-0.2, -0.15) is 0 Å². The number of aryl methyl sites for hydroxylation is 1. The number of pyridine rings is 1. The molecule has 0 aliphatic heterocycles. The molecule has 126 valence electrons. The molecule has 0 unspecified atom stereocenters. The van der Waals surface area contributed by atoms with Crippen LogP contribution in [-0.4, -0.2) is 24.0 Å². The van der Waals surface area contributed by atoms with Crippen molar-refractivity contribution in [2.24, 2.45) is 0 Å². The third kappa shape index (κ3) is 3.75. The fraction of sp³-hybridized carbons (Fsp3) is 0.133. The number of esters is 1. The molecule has 1 heterocycles. The Balaban J connectivity index is 2.33. The lowest BCUT2D eigenvalue weighted by Gasteiger charge is -2.11. The molecule has 24 heavy (non-hydrogen) atoms. The van der Waals surface area contributed by atoms with E-state index in [1.54, 1.807) is 19.1 Å². The van der Waals surface area contributed by atoms with Crippen LogP contribution in [0.25, 0.3) is 0 Å². The number of anilines is 1. The van der Waals surface area contributed by atoms with Crippen molar-refractivity contribution >= 4 is 64.0 Å². The van der Waals surface area contributed by atoms with Crippen molar-refractivity contribution < 1.29 is 14.3 Å². The van der Waals surface area contributed by atoms with Crippen molar-refractivity contribution in [3.05, 3.63) is 55.2 Å². The average molecular weight is 408 g/mol. The first-order valence-corrected chi connectivity index (χ1v) is 7.97. The number of nitrogens with one attached hydrogen (secondary N) is 1. The highest BCUT2D eigenvalue weighted by molar-refractivity contribution is 6.52. The number of hydrogen-bond acceptors (Lipinski definition) is 4. The van der Waals surface area contributed by atoms with E-state index in [1.807, 2.05) is 0 Å². The Morgan fingerprint density at radius 3 is 2.33 bits per heavy atom. The highest BCUT2D eigenvalue weighted by atomic mass is 35.5. The van der Waals surface area contributed by atoms with Crippen LogP contribution in [0.15, 0.2) is 18.2 Å². The number of methoxy groups -OCH3 is 1. The van der Waals surface area contributed by atoms with Gasteiger partial charge in [0.05, 0.1) is 27.7 Å². The molecule has 0 aliphatic carbocycles. The van der Waals surface area contributed by atoms with Crippen LogP contribution in [0.5, 0.6) is 0 Å². The fourth-order valence-corrected chi connectivity index (χ4v) is 2.68. The molecule has 1 aromatic heterocycles. The third-order valence-corrected chi connectivity index (χ3v) is 4.77. The summed E-state index contributed by atoms with van der Waals surface area (Å²) in [7, 11) is 1.29. The first kappa shape index (κ1) is 18.8. The van der Waals surface area contributed by atoms with Gasteiger partial charge in [0.25, 0.3) is 5.91 Å². The normalized spacial score (nSPS) is 10.4. The molecule has 0 spiro atoms. The topological polar surface area (TPSA) is 68.3 Å². The zero-order chi connectivity index (χ0) is 18.0. The lowest BCUT2D eigenvalue weighted by Crippen LogP contribution is -2.16. The number of hydrogen-bond donors (Lipinski definition) is 1. The zero-order valence-electron chi connectivity index (χ0n) is 12.4. The summed E-state index contributed by atoms with van der Waals surface area (Å²) in [6.07, 6.45) is 0. The minimum atomic E-state index is -0.616. The second-order valence-corrected chi connectivity index (χ2v) is 6.16. The van der Waals surface area contributed by atoms with Crippen LogP contribution < -0.4 is 5.32 Å². The van der Waals surface area contributed by atoms with Crippen molar-refractivity contribution in [1.82, 2.24) is 4.98 Å². The summed E-state index contributed by atoms with van der Waals surface area (Å²) in [4.78, 5) is 27.7. The number of nitrogens with zero attached hydrogens (tertiary/aromatic N) is 1. The molecule has 1 N–H and O–H groups in total. The molecular weight excluding hydrogens is 398 g/mol. The largest absolute Gasteiger partial charge is 0.465 e. The van der Waals surface area contributed by atoms with E-state index in [1.165, 1.54) is 13.2 Å². The lowest BCUT2D eigenvalue weighted by molar-refractivity contribution is 0.0600. The maximum atomic E-state index is 12.4. The van der Waals surface area contributed by atoms with Gasteiger partial charge >= 0.3 is 5.97 Å². The van der Waals surface area contributed by atoms with Gasteiger partial charge in [0.1, 0.15) is 10.8 Å². The lowest BCUT2D eigenvalue weighted by atomic mass is 10.1. The van der Waals surface area contributed by atoms with Gasteiger partial charge in [-0.1, -0.05) is 46.4 Å². The molecular formula is C15H10Cl4N2O3. The first-order valence-electron chi connectivity index (χ1n) is 6.46. The van der Waals surface area contributed by atoms with E-state index in [9.17, 15) is 9.59 Å². The summed E-state index contributed by atoms with van der Waals surface area (Å²) in [5.74, 6) is -1.09. The Bertz CT molecular complexity index is 840. The van der Waals surface area contributed by atoms with E-state index >= 15 is 0 Å². The second kappa shape index (κ2) is 7.57. The second-order valence-electron chi connectivity index (χ2n) is 4.67. The van der Waals surface area contributed by atoms with Crippen LogP contribution >= 0.6 is 46.4 Å². The molecule has 0 aliphatic rings. The monoisotopic (exact) mass is 406 g/mol. The average Bonchev–Trinajstić information content (AvgIpc) is 2.57. The van der Waals surface area contributed by atoms with Crippen LogP contribution in [0.3, 0.4) is 0 Å². The van der Waals surface area contributed by atoms with Gasteiger partial charge in [0.15, 0.2) is 0 Å². The number of aromatic nitrogens is 1. The van der Waals surface area contributed by atoms with E-state index in [0.717, 1.165) is 0 Å². The maximum Gasteiger partial charge on any atom is 0.337 e. The fourth-order valence-electron chi connectivity index (χ4n) is 1.87. The predicted molar refractivity (Wildman–Crippen MR) is 94.7 cm³/mol. The van der Waals surface area contributed by atoms with Crippen LogP contribution in [0, 0.1) is 6.92 Å². The van der Waals surface area contributed by atoms with Gasteiger partial charge in [0, 0.05) is 5.69 Å². The molecule has 0 saturated carbocycles. The molecule has 2 rings (SSSR count). The Hall–Kier alpha value is -1.53. The molecule has 5 nitrogen and oxygen atoms in total. The third-order valence-electron chi connectivity index (χ3n) is 3.10. The van der Waals surface area contributed by atoms with Crippen molar-refractivity contribution in [3.8, 4) is 0 Å². The number of carbonyl (C=O) groups excluding carboxylic acids is 2. The number of ether oxygens (including phenoxy) is 1. The number of benzene rings is 1. The quantitative estimate of drug-likeness (QED) is 0.571. The number of rotatable bonds is 3. The van der Waals surface area contributed by atoms with Gasteiger partial charge in [-0.25, -0.2) is 9.78 Å². The van der Waals surface area contributed by atoms with E-state index in [4.69, 9.17) is 46.4 Å². The van der Waals surface area contributed by atoms with Crippen molar-refractivity contribution in [2.75, 3.05) is 12.4 Å². The molecule has 2 aromatic rings. The Kier molecular flexibility index (Phi) is 5.93. The summed E-state index contributed by atoms with van der Waals surface area (Å²) in [6, 6.07) is 4.66. The highest BCUT2D eigenvalue weighted by Crippen LogP contribution is 2.36. The molecule has 0 saturated heterocycles. The molecule has 9 heteroatoms. The van der Waals surface area contributed by atoms with Crippen molar-refractivity contribution in [1.29, 1.82) is 0 Å². The van der Waals surface area contributed by atoms with Crippen LogP contribution in [0.1, 0.15) is 26.4 Å². The predicted octanol–water partition coefficient (Wildman–Crippen LogP) is 5.04. The van der Waals surface area contributed by atoms with Gasteiger partial charge < -0.3 is 10.1 Å². The van der Waals surface area contributed by atoms with Crippen LogP contribution in [0.4, 0.5) is 5.69 Å². The molecule has 1 aromatic carbocycles. The standard InChI is InChI=1S/C15H10Cl4N2O3/c1-6-5-7(15(23)24-2)3-4-8(6)20-14(22)12-10(17)9(16)11(18)13(19)21-12/h3-5H,1-2H3,(H,20,22). The molecule has 1 amide bonds. The molecule has 0 bridgehead atoms. The summed E-state index contributed by atoms with van der Waals surface area (Å²) < 4.78 is 4.64. The minimum Gasteiger partial charge on any atom is -0.465 e. The van der Waals surface area contributed by atoms with Gasteiger partial charge in [0.2, 0.25) is 0 Å². The van der Waals surface area contributed by atoms with E-state index in [-0.39, 0.29) is 25.9 Å². The van der Waals surface area contributed by atoms with E-state index < -0.39 is 11.9 Å². The summed E-state index contributed by atoms with van der Waals surface area (Å²) in [6.45, 7) is 1.72. The minimum absolute atomic E-state index is 0.0292. The summed E-state index contributed by atoms with van der Waals surface area (Å²) in [5.41, 5.74) is 1.32. The smallest absolute Gasteiger partial charge is 0.337 e. The van der Waals surface area contributed by atoms with E-state index in [0.29, 0.717) is 16.8 Å². The number of carbonyl (C=O) groups is 2. The van der Waals surface area contributed by atoms with Crippen LogP contribution in [0.2, 0.25) is 20.2 Å². The van der Waals surface area contributed by atoms with Gasteiger partial charge in [-0.15, -0.1) is 0 Å². The van der Waals surface area contributed by atoms with Gasteiger partial charge in [-0.05, 0) is 30.7 Å². The van der Waals surface area contributed by atoms with Crippen molar-refractivity contribution in [3.63, 3.8) is 0 Å². The Morgan fingerprint density at radius 2 is 1.75 bits per heavy atom. The van der Waals surface area contributed by atoms with Crippen LogP contribution in [-0.2, 0) is 4.74 Å². The molecule has 0 atom stereocenters. The van der Waals surface area contributed by atoms with E-state index in [2.05, 4.69) is 15.0 Å². The number of amides is 1. The highest BCUT2D eigenvalue weighted by Gasteiger charge is 2.21. The Labute approximate surface area is 157 Å². The maximum absolute atomic E-state index is 12.4. The van der Waals surface area contributed by atoms with Crippen molar-refractivity contribution in [2.45, 2.75) is 6.92 Å². The zero-order valence-corrected chi connectivity index (χ0v) is 15.4.